The van der Waals surface area contributed by atoms with E-state index in [1.54, 1.807) is 6.07 Å². The summed E-state index contributed by atoms with van der Waals surface area (Å²) in [5.74, 6) is 0.321. The lowest BCUT2D eigenvalue weighted by atomic mass is 10.1. The lowest BCUT2D eigenvalue weighted by Gasteiger charge is -1.98. The van der Waals surface area contributed by atoms with Crippen LogP contribution in [0.2, 0.25) is 0 Å². The molecular weight excluding hydrogens is 259 g/mol. The van der Waals surface area contributed by atoms with Crippen molar-refractivity contribution in [2.24, 2.45) is 5.73 Å². The molecule has 0 saturated heterocycles. The van der Waals surface area contributed by atoms with Crippen LogP contribution in [0.3, 0.4) is 0 Å². The van der Waals surface area contributed by atoms with Gasteiger partial charge in [0.15, 0.2) is 0 Å². The molecule has 2 aromatic rings. The number of aromatic nitrogens is 1. The van der Waals surface area contributed by atoms with Gasteiger partial charge in [0.2, 0.25) is 0 Å². The molecular formula is C10H15N2O5P. The van der Waals surface area contributed by atoms with E-state index < -0.39 is 7.82 Å². The van der Waals surface area contributed by atoms with Crippen LogP contribution in [0, 0.1) is 0 Å². The normalized spacial score (nSPS) is 11.1. The Morgan fingerprint density at radius 3 is 2.44 bits per heavy atom. The molecule has 0 unspecified atom stereocenters. The number of phenolic OH excluding ortho intramolecular Hbond substituents is 1. The van der Waals surface area contributed by atoms with E-state index in [0.717, 1.165) is 22.9 Å². The van der Waals surface area contributed by atoms with Crippen molar-refractivity contribution >= 4 is 18.7 Å². The van der Waals surface area contributed by atoms with E-state index in [1.807, 2.05) is 18.3 Å². The van der Waals surface area contributed by atoms with Crippen LogP contribution in [-0.2, 0) is 11.0 Å². The monoisotopic (exact) mass is 274 g/mol. The highest BCUT2D eigenvalue weighted by molar-refractivity contribution is 7.45. The fraction of sp³-hybridized carbons (Fsp3) is 0.200. The Morgan fingerprint density at radius 1 is 1.28 bits per heavy atom. The smallest absolute Gasteiger partial charge is 0.466 e. The second-order valence-electron chi connectivity index (χ2n) is 3.57. The van der Waals surface area contributed by atoms with Gasteiger partial charge in [-0.05, 0) is 30.7 Å². The molecule has 0 aliphatic carbocycles. The third kappa shape index (κ3) is 4.48. The van der Waals surface area contributed by atoms with Crippen molar-refractivity contribution in [2.45, 2.75) is 6.42 Å². The van der Waals surface area contributed by atoms with E-state index in [1.165, 1.54) is 0 Å². The predicted molar refractivity (Wildman–Crippen MR) is 67.0 cm³/mol. The maximum Gasteiger partial charge on any atom is 0.466 e. The molecule has 8 heteroatoms. The summed E-state index contributed by atoms with van der Waals surface area (Å²) in [4.78, 5) is 24.7. The molecule has 0 saturated carbocycles. The first-order valence-corrected chi connectivity index (χ1v) is 6.65. The number of aromatic hydroxyl groups is 1. The van der Waals surface area contributed by atoms with E-state index >= 15 is 0 Å². The van der Waals surface area contributed by atoms with E-state index in [9.17, 15) is 5.11 Å². The van der Waals surface area contributed by atoms with Gasteiger partial charge in [-0.3, -0.25) is 0 Å². The Kier molecular flexibility index (Phi) is 4.89. The van der Waals surface area contributed by atoms with Gasteiger partial charge in [0.1, 0.15) is 5.75 Å². The van der Waals surface area contributed by atoms with Crippen LogP contribution in [0.1, 0.15) is 5.56 Å². The van der Waals surface area contributed by atoms with Crippen molar-refractivity contribution in [3.63, 3.8) is 0 Å². The lowest BCUT2D eigenvalue weighted by Crippen LogP contribution is -2.01. The van der Waals surface area contributed by atoms with Crippen molar-refractivity contribution in [2.75, 3.05) is 6.54 Å². The van der Waals surface area contributed by atoms with Gasteiger partial charge in [0.25, 0.3) is 0 Å². The van der Waals surface area contributed by atoms with Gasteiger partial charge in [-0.1, -0.05) is 6.07 Å². The highest BCUT2D eigenvalue weighted by Gasteiger charge is 2.06. The standard InChI is InChI=1S/C10H12N2O.H3O4P/c11-5-4-7-6-12-8-2-1-3-9(13)10(7)8;1-5(2,3)4/h1-3,6,12-13H,4-5,11H2;(H3,1,2,3,4). The molecule has 100 valence electrons. The van der Waals surface area contributed by atoms with Gasteiger partial charge in [-0.25, -0.2) is 4.57 Å². The first-order valence-electron chi connectivity index (χ1n) is 5.09. The van der Waals surface area contributed by atoms with Crippen LogP contribution >= 0.6 is 7.82 Å². The van der Waals surface area contributed by atoms with Gasteiger partial charge in [0, 0.05) is 17.1 Å². The van der Waals surface area contributed by atoms with E-state index in [4.69, 9.17) is 25.0 Å². The third-order valence-electron chi connectivity index (χ3n) is 2.18. The van der Waals surface area contributed by atoms with Crippen LogP contribution in [0.25, 0.3) is 10.9 Å². The molecule has 1 aromatic heterocycles. The Balaban J connectivity index is 0.000000280. The van der Waals surface area contributed by atoms with Gasteiger partial charge in [-0.2, -0.15) is 0 Å². The van der Waals surface area contributed by atoms with Crippen molar-refractivity contribution in [3.8, 4) is 5.75 Å². The summed E-state index contributed by atoms with van der Waals surface area (Å²) >= 11 is 0. The van der Waals surface area contributed by atoms with Crippen molar-refractivity contribution < 1.29 is 24.4 Å². The number of nitrogens with one attached hydrogen (secondary N) is 1. The van der Waals surface area contributed by atoms with Crippen LogP contribution in [0.4, 0.5) is 0 Å². The van der Waals surface area contributed by atoms with Crippen molar-refractivity contribution in [3.05, 3.63) is 30.0 Å². The zero-order chi connectivity index (χ0) is 13.8. The summed E-state index contributed by atoms with van der Waals surface area (Å²) in [7, 11) is -4.64. The minimum atomic E-state index is -4.64. The van der Waals surface area contributed by atoms with Gasteiger partial charge in [-0.15, -0.1) is 0 Å². The molecule has 1 heterocycles. The molecule has 2 rings (SSSR count). The Hall–Kier alpha value is -1.37. The number of hydrogen-bond acceptors (Lipinski definition) is 3. The third-order valence-corrected chi connectivity index (χ3v) is 2.18. The Bertz CT molecular complexity index is 554. The molecule has 0 radical (unpaired) electrons. The molecule has 0 aliphatic heterocycles. The SMILES string of the molecule is NCCc1c[nH]c2cccc(O)c12.O=P(O)(O)O. The molecule has 18 heavy (non-hydrogen) atoms. The Morgan fingerprint density at radius 2 is 1.89 bits per heavy atom. The van der Waals surface area contributed by atoms with E-state index in [-0.39, 0.29) is 0 Å². The van der Waals surface area contributed by atoms with Crippen LogP contribution in [0.5, 0.6) is 5.75 Å². The van der Waals surface area contributed by atoms with E-state index in [0.29, 0.717) is 12.3 Å². The van der Waals surface area contributed by atoms with Crippen LogP contribution in [-0.4, -0.2) is 31.3 Å². The minimum Gasteiger partial charge on any atom is -0.507 e. The minimum absolute atomic E-state index is 0.321. The zero-order valence-electron chi connectivity index (χ0n) is 9.45. The molecule has 0 fully saturated rings. The summed E-state index contributed by atoms with van der Waals surface area (Å²) in [5.41, 5.74) is 7.51. The number of H-pyrrole nitrogens is 1. The largest absolute Gasteiger partial charge is 0.507 e. The molecule has 0 bridgehead atoms. The van der Waals surface area contributed by atoms with Gasteiger partial charge >= 0.3 is 7.82 Å². The number of phenols is 1. The molecule has 7 N–H and O–H groups in total. The molecule has 0 amide bonds. The lowest BCUT2D eigenvalue weighted by molar-refractivity contribution is 0.275. The quantitative estimate of drug-likeness (QED) is 0.439. The van der Waals surface area contributed by atoms with Gasteiger partial charge < -0.3 is 30.5 Å². The van der Waals surface area contributed by atoms with Crippen molar-refractivity contribution in [1.82, 2.24) is 4.98 Å². The number of nitrogens with two attached hydrogens (primary N) is 1. The van der Waals surface area contributed by atoms with E-state index in [2.05, 4.69) is 4.98 Å². The van der Waals surface area contributed by atoms with Gasteiger partial charge in [0.05, 0.1) is 0 Å². The number of benzene rings is 1. The second-order valence-corrected chi connectivity index (χ2v) is 4.59. The average Bonchev–Trinajstić information content (AvgIpc) is 2.61. The average molecular weight is 274 g/mol. The molecule has 7 nitrogen and oxygen atoms in total. The zero-order valence-corrected chi connectivity index (χ0v) is 10.3. The summed E-state index contributed by atoms with van der Waals surface area (Å²) in [5, 5.41) is 10.5. The summed E-state index contributed by atoms with van der Waals surface area (Å²) in [6.45, 7) is 0.598. The molecule has 0 aliphatic rings. The summed E-state index contributed by atoms with van der Waals surface area (Å²) < 4.78 is 8.88. The number of hydrogen-bond donors (Lipinski definition) is 6. The Labute approximate surface area is 103 Å². The van der Waals surface area contributed by atoms with Crippen LogP contribution < -0.4 is 5.73 Å². The fourth-order valence-corrected chi connectivity index (χ4v) is 1.59. The maximum absolute atomic E-state index is 9.61. The highest BCUT2D eigenvalue weighted by Crippen LogP contribution is 2.27. The molecule has 1 aromatic carbocycles. The highest BCUT2D eigenvalue weighted by atomic mass is 31.2. The molecule has 0 atom stereocenters. The second kappa shape index (κ2) is 5.99. The first kappa shape index (κ1) is 14.7. The fourth-order valence-electron chi connectivity index (χ4n) is 1.59. The number of fused-ring (bicyclic) bond motifs is 1. The molecule has 0 spiro atoms. The first-order chi connectivity index (χ1) is 8.33. The predicted octanol–water partition coefficient (Wildman–Crippen LogP) is 0.446. The van der Waals surface area contributed by atoms with Crippen molar-refractivity contribution in [1.29, 1.82) is 0 Å². The number of phosphoric acid groups is 1. The topological polar surface area (TPSA) is 140 Å². The number of aromatic amines is 1. The summed E-state index contributed by atoms with van der Waals surface area (Å²) in [6, 6.07) is 5.45. The van der Waals surface area contributed by atoms with Crippen LogP contribution in [0.15, 0.2) is 24.4 Å². The summed E-state index contributed by atoms with van der Waals surface area (Å²) in [6.07, 6.45) is 2.69. The number of rotatable bonds is 2. The maximum atomic E-state index is 9.61.